The molecule has 0 bridgehead atoms. The molecule has 0 aliphatic rings. The number of nitrogens with zero attached hydrogens (tertiary/aromatic N) is 4. The SMILES string of the molecule is COc1ncc2nc(C(F)F)n(Cc3ccc(S(N)(=O)=O)cn3)c2c1-c1ccccc1. The maximum atomic E-state index is 13.9. The van der Waals surface area contributed by atoms with Crippen LogP contribution in [0.3, 0.4) is 0 Å². The molecule has 3 aromatic heterocycles. The minimum atomic E-state index is -3.92. The molecule has 4 aromatic rings. The Morgan fingerprint density at radius 2 is 1.84 bits per heavy atom. The minimum Gasteiger partial charge on any atom is -0.480 e. The van der Waals surface area contributed by atoms with E-state index in [0.29, 0.717) is 16.8 Å². The van der Waals surface area contributed by atoms with Gasteiger partial charge in [-0.15, -0.1) is 0 Å². The fourth-order valence-corrected chi connectivity index (χ4v) is 3.77. The number of hydrogen-bond donors (Lipinski definition) is 1. The molecule has 0 saturated heterocycles. The van der Waals surface area contributed by atoms with Gasteiger partial charge in [-0.1, -0.05) is 30.3 Å². The van der Waals surface area contributed by atoms with E-state index in [1.165, 1.54) is 30.0 Å². The van der Waals surface area contributed by atoms with Crippen LogP contribution in [-0.4, -0.2) is 35.0 Å². The van der Waals surface area contributed by atoms with Crippen molar-refractivity contribution in [3.63, 3.8) is 0 Å². The van der Waals surface area contributed by atoms with Gasteiger partial charge in [0.25, 0.3) is 6.43 Å². The van der Waals surface area contributed by atoms with Gasteiger partial charge in [-0.25, -0.2) is 32.3 Å². The van der Waals surface area contributed by atoms with Crippen molar-refractivity contribution < 1.29 is 21.9 Å². The number of ether oxygens (including phenoxy) is 1. The molecule has 0 spiro atoms. The summed E-state index contributed by atoms with van der Waals surface area (Å²) in [5, 5.41) is 5.09. The van der Waals surface area contributed by atoms with Crippen molar-refractivity contribution in [2.45, 2.75) is 17.9 Å². The Balaban J connectivity index is 1.94. The van der Waals surface area contributed by atoms with E-state index in [1.54, 1.807) is 0 Å². The second-order valence-electron chi connectivity index (χ2n) is 6.63. The molecule has 2 N–H and O–H groups in total. The van der Waals surface area contributed by atoms with Crippen LogP contribution in [0.5, 0.6) is 5.88 Å². The quantitative estimate of drug-likeness (QED) is 0.488. The van der Waals surface area contributed by atoms with Crippen molar-refractivity contribution in [1.29, 1.82) is 0 Å². The Labute approximate surface area is 176 Å². The van der Waals surface area contributed by atoms with E-state index in [1.807, 2.05) is 30.3 Å². The molecule has 0 unspecified atom stereocenters. The third kappa shape index (κ3) is 3.97. The second kappa shape index (κ2) is 8.00. The number of aromatic nitrogens is 4. The first-order chi connectivity index (χ1) is 14.8. The summed E-state index contributed by atoms with van der Waals surface area (Å²) >= 11 is 0. The van der Waals surface area contributed by atoms with Crippen LogP contribution in [0.15, 0.2) is 59.8 Å². The molecule has 11 heteroatoms. The lowest BCUT2D eigenvalue weighted by Gasteiger charge is -2.13. The first-order valence-electron chi connectivity index (χ1n) is 9.04. The molecular weight excluding hydrogens is 428 g/mol. The van der Waals surface area contributed by atoms with Crippen LogP contribution in [0.4, 0.5) is 8.78 Å². The molecule has 4 rings (SSSR count). The molecule has 1 aromatic carbocycles. The molecule has 0 saturated carbocycles. The molecule has 8 nitrogen and oxygen atoms in total. The van der Waals surface area contributed by atoms with E-state index < -0.39 is 22.3 Å². The second-order valence-corrected chi connectivity index (χ2v) is 8.19. The number of methoxy groups -OCH3 is 1. The van der Waals surface area contributed by atoms with Crippen molar-refractivity contribution in [3.05, 3.63) is 66.4 Å². The summed E-state index contributed by atoms with van der Waals surface area (Å²) < 4.78 is 57.4. The van der Waals surface area contributed by atoms with Crippen LogP contribution in [0.2, 0.25) is 0 Å². The van der Waals surface area contributed by atoms with E-state index in [9.17, 15) is 17.2 Å². The summed E-state index contributed by atoms with van der Waals surface area (Å²) in [6.45, 7) is -0.0753. The number of hydrogen-bond acceptors (Lipinski definition) is 6. The summed E-state index contributed by atoms with van der Waals surface area (Å²) in [6, 6.07) is 11.8. The van der Waals surface area contributed by atoms with E-state index >= 15 is 0 Å². The lowest BCUT2D eigenvalue weighted by Crippen LogP contribution is -2.13. The molecule has 0 aliphatic heterocycles. The number of alkyl halides is 2. The third-order valence-electron chi connectivity index (χ3n) is 4.68. The molecule has 3 heterocycles. The highest BCUT2D eigenvalue weighted by atomic mass is 32.2. The Hall–Kier alpha value is -3.44. The van der Waals surface area contributed by atoms with Gasteiger partial charge in [0.1, 0.15) is 10.4 Å². The van der Waals surface area contributed by atoms with Crippen molar-refractivity contribution in [1.82, 2.24) is 19.5 Å². The Morgan fingerprint density at radius 1 is 1.10 bits per heavy atom. The van der Waals surface area contributed by atoms with Gasteiger partial charge in [0, 0.05) is 6.20 Å². The van der Waals surface area contributed by atoms with Crippen LogP contribution in [0.25, 0.3) is 22.2 Å². The molecule has 0 radical (unpaired) electrons. The fourth-order valence-electron chi connectivity index (χ4n) is 3.31. The maximum absolute atomic E-state index is 13.9. The topological polar surface area (TPSA) is 113 Å². The van der Waals surface area contributed by atoms with Gasteiger partial charge in [-0.05, 0) is 17.7 Å². The smallest absolute Gasteiger partial charge is 0.295 e. The Bertz CT molecular complexity index is 1340. The lowest BCUT2D eigenvalue weighted by molar-refractivity contribution is 0.136. The Morgan fingerprint density at radius 3 is 2.42 bits per heavy atom. The minimum absolute atomic E-state index is 0.0753. The number of nitrogens with two attached hydrogens (primary N) is 1. The highest BCUT2D eigenvalue weighted by molar-refractivity contribution is 7.89. The first-order valence-corrected chi connectivity index (χ1v) is 10.6. The summed E-state index contributed by atoms with van der Waals surface area (Å²) in [7, 11) is -2.47. The number of sulfonamides is 1. The lowest BCUT2D eigenvalue weighted by atomic mass is 10.1. The van der Waals surface area contributed by atoms with E-state index in [4.69, 9.17) is 9.88 Å². The maximum Gasteiger partial charge on any atom is 0.295 e. The van der Waals surface area contributed by atoms with Crippen LogP contribution >= 0.6 is 0 Å². The summed E-state index contributed by atoms with van der Waals surface area (Å²) in [4.78, 5) is 12.2. The molecule has 0 aliphatic carbocycles. The van der Waals surface area contributed by atoms with Crippen LogP contribution in [0.1, 0.15) is 17.9 Å². The van der Waals surface area contributed by atoms with Crippen LogP contribution in [-0.2, 0) is 16.6 Å². The zero-order valence-corrected chi connectivity index (χ0v) is 17.1. The van der Waals surface area contributed by atoms with Crippen LogP contribution in [0, 0.1) is 0 Å². The van der Waals surface area contributed by atoms with Crippen molar-refractivity contribution in [2.75, 3.05) is 7.11 Å². The number of fused-ring (bicyclic) bond motifs is 1. The average molecular weight is 445 g/mol. The predicted octanol–water partition coefficient (Wildman–Crippen LogP) is 3.14. The normalized spacial score (nSPS) is 11.9. The van der Waals surface area contributed by atoms with Gasteiger partial charge in [0.15, 0.2) is 5.82 Å². The number of primary sulfonamides is 1. The Kier molecular flexibility index (Phi) is 5.38. The zero-order chi connectivity index (χ0) is 22.2. The fraction of sp³-hybridized carbons (Fsp3) is 0.150. The van der Waals surface area contributed by atoms with Gasteiger partial charge < -0.3 is 9.30 Å². The number of rotatable bonds is 6. The van der Waals surface area contributed by atoms with E-state index in [0.717, 1.165) is 11.8 Å². The van der Waals surface area contributed by atoms with Crippen LogP contribution < -0.4 is 9.88 Å². The van der Waals surface area contributed by atoms with Gasteiger partial charge in [-0.2, -0.15) is 0 Å². The summed E-state index contributed by atoms with van der Waals surface area (Å²) in [6.07, 6.45) is -0.391. The number of halogens is 2. The number of pyridine rings is 2. The molecule has 0 atom stereocenters. The monoisotopic (exact) mass is 445 g/mol. The largest absolute Gasteiger partial charge is 0.480 e. The highest BCUT2D eigenvalue weighted by Gasteiger charge is 2.24. The van der Waals surface area contributed by atoms with Gasteiger partial charge in [0.2, 0.25) is 15.9 Å². The van der Waals surface area contributed by atoms with Crippen molar-refractivity contribution in [3.8, 4) is 17.0 Å². The zero-order valence-electron chi connectivity index (χ0n) is 16.2. The molecule has 0 fully saturated rings. The summed E-state index contributed by atoms with van der Waals surface area (Å²) in [5.74, 6) is -0.197. The molecule has 160 valence electrons. The highest BCUT2D eigenvalue weighted by Crippen LogP contribution is 2.37. The van der Waals surface area contributed by atoms with E-state index in [-0.39, 0.29) is 22.8 Å². The van der Waals surface area contributed by atoms with Crippen molar-refractivity contribution in [2.24, 2.45) is 5.14 Å². The summed E-state index contributed by atoms with van der Waals surface area (Å²) in [5.41, 5.74) is 2.27. The average Bonchev–Trinajstić information content (AvgIpc) is 3.12. The standard InChI is InChI=1S/C20H17F2N5O3S/c1-30-20-16(12-5-3-2-4-6-12)17-15(10-25-20)26-19(18(21)22)27(17)11-13-7-8-14(9-24-13)31(23,28)29/h2-10,18H,11H2,1H3,(H2,23,28,29). The van der Waals surface area contributed by atoms with Gasteiger partial charge >= 0.3 is 0 Å². The van der Waals surface area contributed by atoms with Gasteiger partial charge in [0.05, 0.1) is 36.6 Å². The first kappa shape index (κ1) is 20.8. The van der Waals surface area contributed by atoms with Gasteiger partial charge in [-0.3, -0.25) is 4.98 Å². The number of imidazole rings is 1. The predicted molar refractivity (Wildman–Crippen MR) is 109 cm³/mol. The third-order valence-corrected chi connectivity index (χ3v) is 5.57. The molecule has 0 amide bonds. The van der Waals surface area contributed by atoms with E-state index in [2.05, 4.69) is 15.0 Å². The molecular formula is C20H17F2N5O3S. The number of benzene rings is 1. The van der Waals surface area contributed by atoms with Crippen molar-refractivity contribution >= 4 is 21.1 Å². The molecule has 31 heavy (non-hydrogen) atoms.